The van der Waals surface area contributed by atoms with E-state index in [0.29, 0.717) is 21.8 Å². The first-order valence-corrected chi connectivity index (χ1v) is 8.86. The monoisotopic (exact) mass is 363 g/mol. The molecular formula is C20H17N3O2S. The van der Waals surface area contributed by atoms with Crippen LogP contribution in [-0.2, 0) is 0 Å². The van der Waals surface area contributed by atoms with Crippen LogP contribution in [0.15, 0.2) is 77.2 Å². The summed E-state index contributed by atoms with van der Waals surface area (Å²) in [6.45, 7) is 1.80. The summed E-state index contributed by atoms with van der Waals surface area (Å²) in [6, 6.07) is 19.8. The molecule has 0 aliphatic rings. The van der Waals surface area contributed by atoms with Crippen molar-refractivity contribution in [1.29, 1.82) is 0 Å². The van der Waals surface area contributed by atoms with Crippen LogP contribution in [0.4, 0.5) is 5.69 Å². The fourth-order valence-corrected chi connectivity index (χ4v) is 2.89. The number of rotatable bonds is 5. The Balaban J connectivity index is 1.68. The summed E-state index contributed by atoms with van der Waals surface area (Å²) >= 11 is 1.39. The van der Waals surface area contributed by atoms with Gasteiger partial charge in [0.15, 0.2) is 0 Å². The molecule has 5 nitrogen and oxygen atoms in total. The smallest absolute Gasteiger partial charge is 0.271 e. The lowest BCUT2D eigenvalue weighted by molar-refractivity contribution is 0.0954. The molecule has 0 atom stereocenters. The van der Waals surface area contributed by atoms with Gasteiger partial charge in [0.25, 0.3) is 11.8 Å². The highest BCUT2D eigenvalue weighted by atomic mass is 32.1. The molecule has 2 aromatic carbocycles. The summed E-state index contributed by atoms with van der Waals surface area (Å²) in [5.74, 6) is -0.420. The van der Waals surface area contributed by atoms with Crippen LogP contribution in [0.3, 0.4) is 0 Å². The Labute approximate surface area is 155 Å². The SMILES string of the molecule is C/C(=N\NC(=O)c1ccccc1)c1cccc(NC(=O)c2cccs2)c1. The van der Waals surface area contributed by atoms with E-state index in [9.17, 15) is 9.59 Å². The Kier molecular flexibility index (Phi) is 5.56. The second-order valence-electron chi connectivity index (χ2n) is 5.52. The maximum atomic E-state index is 12.1. The minimum Gasteiger partial charge on any atom is -0.321 e. The van der Waals surface area contributed by atoms with Crippen LogP contribution in [0.5, 0.6) is 0 Å². The molecule has 0 saturated heterocycles. The van der Waals surface area contributed by atoms with E-state index in [1.165, 1.54) is 11.3 Å². The molecule has 0 saturated carbocycles. The Morgan fingerprint density at radius 2 is 1.65 bits per heavy atom. The third-order valence-electron chi connectivity index (χ3n) is 3.64. The molecule has 1 aromatic heterocycles. The summed E-state index contributed by atoms with van der Waals surface area (Å²) in [5.41, 5.74) is 5.20. The third kappa shape index (κ3) is 4.43. The summed E-state index contributed by atoms with van der Waals surface area (Å²) in [6.07, 6.45) is 0. The zero-order chi connectivity index (χ0) is 18.4. The number of nitrogens with zero attached hydrogens (tertiary/aromatic N) is 1. The average molecular weight is 363 g/mol. The maximum Gasteiger partial charge on any atom is 0.271 e. The van der Waals surface area contributed by atoms with Crippen molar-refractivity contribution in [3.63, 3.8) is 0 Å². The number of benzene rings is 2. The van der Waals surface area contributed by atoms with Crippen molar-refractivity contribution in [2.75, 3.05) is 5.32 Å². The van der Waals surface area contributed by atoms with E-state index in [-0.39, 0.29) is 11.8 Å². The van der Waals surface area contributed by atoms with Gasteiger partial charge in [0.1, 0.15) is 0 Å². The molecule has 0 fully saturated rings. The van der Waals surface area contributed by atoms with Crippen LogP contribution < -0.4 is 10.7 Å². The molecule has 0 aliphatic carbocycles. The minimum absolute atomic E-state index is 0.149. The van der Waals surface area contributed by atoms with E-state index in [4.69, 9.17) is 0 Å². The van der Waals surface area contributed by atoms with E-state index < -0.39 is 0 Å². The Hall–Kier alpha value is -3.25. The highest BCUT2D eigenvalue weighted by Crippen LogP contribution is 2.15. The van der Waals surface area contributed by atoms with Crippen LogP contribution >= 0.6 is 11.3 Å². The van der Waals surface area contributed by atoms with Gasteiger partial charge < -0.3 is 5.32 Å². The normalized spacial score (nSPS) is 11.0. The molecule has 0 unspecified atom stereocenters. The topological polar surface area (TPSA) is 70.6 Å². The third-order valence-corrected chi connectivity index (χ3v) is 4.51. The molecule has 2 N–H and O–H groups in total. The van der Waals surface area contributed by atoms with Crippen molar-refractivity contribution < 1.29 is 9.59 Å². The highest BCUT2D eigenvalue weighted by molar-refractivity contribution is 7.12. The number of hydrazone groups is 1. The predicted molar refractivity (Wildman–Crippen MR) is 105 cm³/mol. The van der Waals surface area contributed by atoms with E-state index in [0.717, 1.165) is 5.56 Å². The number of nitrogens with one attached hydrogen (secondary N) is 2. The van der Waals surface area contributed by atoms with Crippen molar-refractivity contribution >= 4 is 34.6 Å². The average Bonchev–Trinajstić information content (AvgIpc) is 3.22. The molecule has 2 amide bonds. The predicted octanol–water partition coefficient (Wildman–Crippen LogP) is 4.15. The van der Waals surface area contributed by atoms with Crippen LogP contribution in [-0.4, -0.2) is 17.5 Å². The lowest BCUT2D eigenvalue weighted by atomic mass is 10.1. The zero-order valence-corrected chi connectivity index (χ0v) is 14.9. The zero-order valence-electron chi connectivity index (χ0n) is 14.1. The van der Waals surface area contributed by atoms with E-state index >= 15 is 0 Å². The summed E-state index contributed by atoms with van der Waals surface area (Å²) < 4.78 is 0. The fourth-order valence-electron chi connectivity index (χ4n) is 2.28. The number of carbonyl (C=O) groups is 2. The Morgan fingerprint density at radius 3 is 2.38 bits per heavy atom. The Bertz CT molecular complexity index is 935. The molecule has 3 rings (SSSR count). The van der Waals surface area contributed by atoms with E-state index in [2.05, 4.69) is 15.8 Å². The van der Waals surface area contributed by atoms with Crippen LogP contribution in [0, 0.1) is 0 Å². The second-order valence-corrected chi connectivity index (χ2v) is 6.46. The van der Waals surface area contributed by atoms with Gasteiger partial charge in [-0.2, -0.15) is 5.10 Å². The summed E-state index contributed by atoms with van der Waals surface area (Å²) in [4.78, 5) is 24.8. The lowest BCUT2D eigenvalue weighted by Crippen LogP contribution is -2.19. The van der Waals surface area contributed by atoms with Gasteiger partial charge in [-0.05, 0) is 48.2 Å². The molecule has 0 aliphatic heterocycles. The van der Waals surface area contributed by atoms with Crippen LogP contribution in [0.1, 0.15) is 32.5 Å². The molecule has 0 bridgehead atoms. The van der Waals surface area contributed by atoms with Crippen LogP contribution in [0.2, 0.25) is 0 Å². The minimum atomic E-state index is -0.271. The van der Waals surface area contributed by atoms with Gasteiger partial charge >= 0.3 is 0 Å². The van der Waals surface area contributed by atoms with Gasteiger partial charge in [-0.15, -0.1) is 11.3 Å². The molecule has 26 heavy (non-hydrogen) atoms. The number of hydrogen-bond donors (Lipinski definition) is 2. The highest BCUT2D eigenvalue weighted by Gasteiger charge is 2.08. The molecule has 3 aromatic rings. The molecule has 130 valence electrons. The molecule has 1 heterocycles. The number of carbonyl (C=O) groups excluding carboxylic acids is 2. The van der Waals surface area contributed by atoms with Crippen LogP contribution in [0.25, 0.3) is 0 Å². The van der Waals surface area contributed by atoms with Crippen molar-refractivity contribution in [2.24, 2.45) is 5.10 Å². The van der Waals surface area contributed by atoms with Gasteiger partial charge in [-0.3, -0.25) is 9.59 Å². The Morgan fingerprint density at radius 1 is 0.885 bits per heavy atom. The van der Waals surface area contributed by atoms with Gasteiger partial charge in [0.05, 0.1) is 10.6 Å². The first-order valence-electron chi connectivity index (χ1n) is 7.98. The summed E-state index contributed by atoms with van der Waals surface area (Å²) in [5, 5.41) is 8.87. The lowest BCUT2D eigenvalue weighted by Gasteiger charge is -2.07. The molecule has 6 heteroatoms. The first-order chi connectivity index (χ1) is 12.6. The van der Waals surface area contributed by atoms with Gasteiger partial charge in [-0.1, -0.05) is 36.4 Å². The standard InChI is InChI=1S/C20H17N3O2S/c1-14(22-23-19(24)15-7-3-2-4-8-15)16-9-5-10-17(13-16)21-20(25)18-11-6-12-26-18/h2-13H,1H3,(H,21,25)(H,23,24)/b22-14+. The molecule has 0 spiro atoms. The molecular weight excluding hydrogens is 346 g/mol. The number of thiophene rings is 1. The summed E-state index contributed by atoms with van der Waals surface area (Å²) in [7, 11) is 0. The fraction of sp³-hybridized carbons (Fsp3) is 0.0500. The van der Waals surface area contributed by atoms with Crippen molar-refractivity contribution in [3.8, 4) is 0 Å². The van der Waals surface area contributed by atoms with Gasteiger partial charge in [0, 0.05) is 11.3 Å². The quantitative estimate of drug-likeness (QED) is 0.528. The van der Waals surface area contributed by atoms with Crippen molar-refractivity contribution in [1.82, 2.24) is 5.43 Å². The number of hydrogen-bond acceptors (Lipinski definition) is 4. The van der Waals surface area contributed by atoms with E-state index in [1.54, 1.807) is 37.3 Å². The largest absolute Gasteiger partial charge is 0.321 e. The van der Waals surface area contributed by atoms with E-state index in [1.807, 2.05) is 41.8 Å². The van der Waals surface area contributed by atoms with Gasteiger partial charge in [-0.25, -0.2) is 5.43 Å². The van der Waals surface area contributed by atoms with Gasteiger partial charge in [0.2, 0.25) is 0 Å². The number of amides is 2. The number of anilines is 1. The first kappa shape index (κ1) is 17.6. The molecule has 0 radical (unpaired) electrons. The second kappa shape index (κ2) is 8.22. The maximum absolute atomic E-state index is 12.1. The van der Waals surface area contributed by atoms with Crippen molar-refractivity contribution in [3.05, 3.63) is 88.1 Å². The van der Waals surface area contributed by atoms with Crippen molar-refractivity contribution in [2.45, 2.75) is 6.92 Å².